The van der Waals surface area contributed by atoms with Crippen LogP contribution in [0.4, 0.5) is 0 Å². The Morgan fingerprint density at radius 1 is 0.745 bits per heavy atom. The van der Waals surface area contributed by atoms with Gasteiger partial charge in [0, 0.05) is 32.9 Å². The summed E-state index contributed by atoms with van der Waals surface area (Å²) >= 11 is 0. The Morgan fingerprint density at radius 3 is 2.08 bits per heavy atom. The Morgan fingerprint density at radius 2 is 1.41 bits per heavy atom. The van der Waals surface area contributed by atoms with Gasteiger partial charge in [-0.15, -0.1) is 0 Å². The van der Waals surface area contributed by atoms with Gasteiger partial charge in [0.1, 0.15) is 11.5 Å². The summed E-state index contributed by atoms with van der Waals surface area (Å²) in [4.78, 5) is 14.0. The Balaban J connectivity index is 1.44. The van der Waals surface area contributed by atoms with Crippen LogP contribution in [0.25, 0.3) is 28.0 Å². The van der Waals surface area contributed by atoms with Crippen molar-refractivity contribution in [1.82, 2.24) is 0 Å². The zero-order valence-corrected chi connectivity index (χ0v) is 30.5. The number of hydrogen-bond donors (Lipinski definition) is 0. The van der Waals surface area contributed by atoms with E-state index in [0.717, 1.165) is 63.8 Å². The maximum Gasteiger partial charge on any atom is 0.204 e. The average Bonchev–Trinajstić information content (AvgIpc) is 3.62. The highest BCUT2D eigenvalue weighted by molar-refractivity contribution is 6.21. The maximum atomic E-state index is 14.0. The van der Waals surface area contributed by atoms with Gasteiger partial charge in [0.05, 0.1) is 19.8 Å². The van der Waals surface area contributed by atoms with Crippen molar-refractivity contribution in [2.24, 2.45) is 10.8 Å². The van der Waals surface area contributed by atoms with Crippen LogP contribution in [0.3, 0.4) is 0 Å². The van der Waals surface area contributed by atoms with Gasteiger partial charge >= 0.3 is 0 Å². The summed E-state index contributed by atoms with van der Waals surface area (Å²) in [7, 11) is 3.32. The van der Waals surface area contributed by atoms with Crippen LogP contribution in [0.5, 0.6) is 23.0 Å². The van der Waals surface area contributed by atoms with Crippen LogP contribution in [0, 0.1) is 17.8 Å². The predicted molar refractivity (Wildman–Crippen MR) is 203 cm³/mol. The highest BCUT2D eigenvalue weighted by Crippen LogP contribution is 2.67. The molecule has 5 aromatic rings. The molecule has 2 heterocycles. The Kier molecular flexibility index (Phi) is 6.72. The summed E-state index contributed by atoms with van der Waals surface area (Å²) in [5.41, 5.74) is 8.67. The summed E-state index contributed by atoms with van der Waals surface area (Å²) in [6, 6.07) is 27.7. The molecule has 4 aliphatic rings. The first kappa shape index (κ1) is 31.9. The van der Waals surface area contributed by atoms with Crippen molar-refractivity contribution in [2.75, 3.05) is 20.8 Å². The summed E-state index contributed by atoms with van der Waals surface area (Å²) in [6.07, 6.45) is 7.66. The number of carbonyl (C=O) groups excluding carboxylic acids is 1. The monoisotopic (exact) mass is 676 g/mol. The van der Waals surface area contributed by atoms with Gasteiger partial charge in [-0.3, -0.25) is 4.79 Å². The standard InChI is InChI=1S/C46H44O5/c1-27-12-14-28(15-13-27)46(29-16-18-30(48-6)19-17-29)21-20-32-40-38(37-33(41(32)51-46)22-36(49-7)42-39(37)35(47)23-50-42)31-10-8-9-11-34(31)45(40)25-43(2,3)24-44(4,5)26-45/h8-22H,23-26H2,1-7H3. The predicted octanol–water partition coefficient (Wildman–Crippen LogP) is 10.6. The van der Waals surface area contributed by atoms with Gasteiger partial charge in [-0.1, -0.05) is 100.0 Å². The van der Waals surface area contributed by atoms with E-state index in [-0.39, 0.29) is 28.6 Å². The van der Waals surface area contributed by atoms with Gasteiger partial charge in [0.15, 0.2) is 23.7 Å². The molecule has 5 heteroatoms. The molecule has 1 fully saturated rings. The van der Waals surface area contributed by atoms with Crippen LogP contribution >= 0.6 is 0 Å². The quantitative estimate of drug-likeness (QED) is 0.190. The number of rotatable bonds is 4. The van der Waals surface area contributed by atoms with E-state index in [9.17, 15) is 4.79 Å². The number of Topliss-reactive ketones (excluding diaryl/α,β-unsaturated/α-hetero) is 1. The van der Waals surface area contributed by atoms with Crippen LogP contribution in [0.1, 0.15) is 90.7 Å². The Labute approximate surface area is 300 Å². The van der Waals surface area contributed by atoms with Crippen molar-refractivity contribution >= 4 is 22.6 Å². The zero-order chi connectivity index (χ0) is 35.5. The number of methoxy groups -OCH3 is 2. The zero-order valence-electron chi connectivity index (χ0n) is 30.5. The van der Waals surface area contributed by atoms with E-state index in [2.05, 4.69) is 107 Å². The van der Waals surface area contributed by atoms with Crippen LogP contribution in [0.2, 0.25) is 0 Å². The summed E-state index contributed by atoms with van der Waals surface area (Å²) in [6.45, 7) is 11.8. The third kappa shape index (κ3) is 4.49. The lowest BCUT2D eigenvalue weighted by molar-refractivity contribution is 0.0641. The van der Waals surface area contributed by atoms with Crippen LogP contribution in [0.15, 0.2) is 84.9 Å². The molecule has 1 unspecified atom stereocenters. The van der Waals surface area contributed by atoms with Crippen molar-refractivity contribution in [3.8, 4) is 34.1 Å². The first-order chi connectivity index (χ1) is 24.4. The number of hydrogen-bond acceptors (Lipinski definition) is 5. The lowest BCUT2D eigenvalue weighted by atomic mass is 9.52. The van der Waals surface area contributed by atoms with Gasteiger partial charge in [-0.2, -0.15) is 0 Å². The van der Waals surface area contributed by atoms with Crippen LogP contribution in [-0.2, 0) is 11.0 Å². The number of aryl methyl sites for hydroxylation is 1. The molecule has 51 heavy (non-hydrogen) atoms. The first-order valence-corrected chi connectivity index (χ1v) is 18.0. The first-order valence-electron chi connectivity index (χ1n) is 18.0. The molecule has 1 atom stereocenters. The smallest absolute Gasteiger partial charge is 0.204 e. The van der Waals surface area contributed by atoms with Crippen molar-refractivity contribution in [3.63, 3.8) is 0 Å². The molecule has 1 spiro atoms. The third-order valence-corrected chi connectivity index (χ3v) is 11.8. The highest BCUT2D eigenvalue weighted by Gasteiger charge is 2.56. The molecular weight excluding hydrogens is 633 g/mol. The Bertz CT molecular complexity index is 2290. The highest BCUT2D eigenvalue weighted by atomic mass is 16.5. The van der Waals surface area contributed by atoms with Gasteiger partial charge in [0.2, 0.25) is 5.78 Å². The summed E-state index contributed by atoms with van der Waals surface area (Å²) < 4.78 is 25.3. The van der Waals surface area contributed by atoms with Crippen LogP contribution < -0.4 is 18.9 Å². The fourth-order valence-electron chi connectivity index (χ4n) is 10.7. The summed E-state index contributed by atoms with van der Waals surface area (Å²) in [5.74, 6) is 2.56. The van der Waals surface area contributed by atoms with Crippen molar-refractivity contribution in [1.29, 1.82) is 0 Å². The molecule has 258 valence electrons. The van der Waals surface area contributed by atoms with Gasteiger partial charge in [-0.05, 0) is 83.5 Å². The van der Waals surface area contributed by atoms with E-state index in [4.69, 9.17) is 18.9 Å². The fraction of sp³-hybridized carbons (Fsp3) is 0.326. The minimum Gasteiger partial charge on any atom is -0.497 e. The summed E-state index contributed by atoms with van der Waals surface area (Å²) in [5, 5.41) is 1.75. The van der Waals surface area contributed by atoms with Crippen molar-refractivity contribution < 1.29 is 23.7 Å². The molecule has 0 amide bonds. The minimum absolute atomic E-state index is 0.0105. The molecule has 9 rings (SSSR count). The average molecular weight is 677 g/mol. The largest absolute Gasteiger partial charge is 0.497 e. The topological polar surface area (TPSA) is 54.0 Å². The van der Waals surface area contributed by atoms with E-state index in [1.54, 1.807) is 14.2 Å². The number of ether oxygens (including phenoxy) is 4. The second-order valence-electron chi connectivity index (χ2n) is 16.7. The van der Waals surface area contributed by atoms with E-state index >= 15 is 0 Å². The Hall–Kier alpha value is -5.03. The molecule has 2 aliphatic heterocycles. The van der Waals surface area contributed by atoms with E-state index in [1.165, 1.54) is 22.3 Å². The second kappa shape index (κ2) is 10.7. The number of fused-ring (bicyclic) bond motifs is 12. The van der Waals surface area contributed by atoms with Crippen LogP contribution in [-0.4, -0.2) is 26.6 Å². The van der Waals surface area contributed by atoms with Crippen molar-refractivity contribution in [2.45, 2.75) is 64.9 Å². The molecular formula is C46H44O5. The van der Waals surface area contributed by atoms with E-state index < -0.39 is 5.60 Å². The molecule has 1 saturated carbocycles. The normalized spacial score (nSPS) is 21.4. The van der Waals surface area contributed by atoms with Crippen molar-refractivity contribution in [3.05, 3.63) is 124 Å². The van der Waals surface area contributed by atoms with Gasteiger partial charge in [0.25, 0.3) is 0 Å². The molecule has 5 nitrogen and oxygen atoms in total. The molecule has 5 aromatic carbocycles. The fourth-order valence-corrected chi connectivity index (χ4v) is 10.7. The minimum atomic E-state index is -0.954. The number of benzene rings is 5. The molecule has 0 aromatic heterocycles. The molecule has 2 aliphatic carbocycles. The van der Waals surface area contributed by atoms with Gasteiger partial charge in [-0.25, -0.2) is 0 Å². The number of ketones is 1. The molecule has 0 bridgehead atoms. The van der Waals surface area contributed by atoms with E-state index in [1.807, 2.05) is 18.2 Å². The van der Waals surface area contributed by atoms with Gasteiger partial charge < -0.3 is 18.9 Å². The molecule has 0 radical (unpaired) electrons. The lowest BCUT2D eigenvalue weighted by Gasteiger charge is -2.52. The third-order valence-electron chi connectivity index (χ3n) is 11.8. The lowest BCUT2D eigenvalue weighted by Crippen LogP contribution is -2.44. The SMILES string of the molecule is COc1ccc(C2(c3ccc(C)cc3)C=Cc3c4c(c5c6c(c(OC)cc5c3O2)OCC6=O)-c2ccccc2C42CC(C)(C)CC(C)(C)C2)cc1. The molecule has 0 saturated heterocycles. The van der Waals surface area contributed by atoms with E-state index in [0.29, 0.717) is 17.1 Å². The molecule has 0 N–H and O–H groups in total. The maximum absolute atomic E-state index is 14.0. The number of carbonyl (C=O) groups is 1. The second-order valence-corrected chi connectivity index (χ2v) is 16.7.